The number of carbonyl (C=O) groups is 1. The number of rotatable bonds is 5. The summed E-state index contributed by atoms with van der Waals surface area (Å²) in [5.41, 5.74) is 3.01. The van der Waals surface area contributed by atoms with Gasteiger partial charge >= 0.3 is 0 Å². The lowest BCUT2D eigenvalue weighted by Gasteiger charge is -2.26. The van der Waals surface area contributed by atoms with Crippen LogP contribution in [0.2, 0.25) is 5.02 Å². The van der Waals surface area contributed by atoms with E-state index in [0.717, 1.165) is 17.2 Å². The second kappa shape index (κ2) is 9.31. The van der Waals surface area contributed by atoms with Crippen LogP contribution in [0.15, 0.2) is 60.7 Å². The summed E-state index contributed by atoms with van der Waals surface area (Å²) in [5, 5.41) is 0.668. The molecule has 164 valence electrons. The van der Waals surface area contributed by atoms with Crippen molar-refractivity contribution in [2.75, 3.05) is 19.6 Å². The van der Waals surface area contributed by atoms with Gasteiger partial charge in [-0.05, 0) is 48.2 Å². The lowest BCUT2D eigenvalue weighted by atomic mass is 9.96. The molecule has 0 spiro atoms. The van der Waals surface area contributed by atoms with Gasteiger partial charge in [0.1, 0.15) is 5.82 Å². The van der Waals surface area contributed by atoms with Crippen LogP contribution in [0.5, 0.6) is 0 Å². The van der Waals surface area contributed by atoms with Gasteiger partial charge in [0.05, 0.1) is 6.54 Å². The third-order valence-corrected chi connectivity index (χ3v) is 6.02. The van der Waals surface area contributed by atoms with E-state index in [-0.39, 0.29) is 23.5 Å². The fraction of sp³-hybridized carbons (Fsp3) is 0.192. The Balaban J connectivity index is 1.41. The second-order valence-corrected chi connectivity index (χ2v) is 8.32. The average Bonchev–Trinajstić information content (AvgIpc) is 2.81. The third-order valence-electron chi connectivity index (χ3n) is 5.77. The van der Waals surface area contributed by atoms with Crippen molar-refractivity contribution in [1.82, 2.24) is 4.90 Å². The molecule has 4 rings (SSSR count). The number of hydrogen-bond donors (Lipinski definition) is 0. The largest absolute Gasteiger partial charge is 0.293 e. The first kappa shape index (κ1) is 22.3. The van der Waals surface area contributed by atoms with Gasteiger partial charge in [0.2, 0.25) is 0 Å². The molecule has 32 heavy (non-hydrogen) atoms. The first-order valence-electron chi connectivity index (χ1n) is 10.3. The van der Waals surface area contributed by atoms with Crippen molar-refractivity contribution in [3.8, 4) is 11.1 Å². The van der Waals surface area contributed by atoms with E-state index < -0.39 is 17.5 Å². The van der Waals surface area contributed by atoms with Gasteiger partial charge in [0.25, 0.3) is 0 Å². The Hall–Kier alpha value is -2.89. The summed E-state index contributed by atoms with van der Waals surface area (Å²) in [6, 6.07) is 15.8. The van der Waals surface area contributed by atoms with E-state index in [0.29, 0.717) is 35.7 Å². The minimum Gasteiger partial charge on any atom is -0.293 e. The maximum absolute atomic E-state index is 14.4. The van der Waals surface area contributed by atoms with Crippen molar-refractivity contribution in [3.63, 3.8) is 0 Å². The van der Waals surface area contributed by atoms with Crippen LogP contribution in [0, 0.1) is 24.4 Å². The van der Waals surface area contributed by atoms with Crippen LogP contribution in [0.1, 0.15) is 27.9 Å². The molecule has 0 radical (unpaired) electrons. The molecule has 0 amide bonds. The van der Waals surface area contributed by atoms with E-state index in [9.17, 15) is 18.0 Å². The first-order valence-corrected chi connectivity index (χ1v) is 10.7. The van der Waals surface area contributed by atoms with Gasteiger partial charge < -0.3 is 0 Å². The minimum atomic E-state index is -1.16. The van der Waals surface area contributed by atoms with Crippen LogP contribution in [-0.2, 0) is 0 Å². The zero-order valence-corrected chi connectivity index (χ0v) is 18.2. The van der Waals surface area contributed by atoms with E-state index in [1.165, 1.54) is 6.92 Å². The molecular formula is C26H21ClF3NO. The standard InChI is InChI=1S/C26H21ClF3NO/c1-16-25(29)22(14-23(28)26(16)30)19-10-12-31(13-11-19)15-24(32)20-4-2-17(3-5-20)18-6-8-21(27)9-7-18/h2-10,14H,11-13,15H2,1H3. The SMILES string of the molecule is Cc1c(F)c(F)cc(C2=CCN(CC(=O)c3ccc(-c4ccc(Cl)cc4)cc3)CC2)c1F. The fourth-order valence-corrected chi connectivity index (χ4v) is 3.98. The van der Waals surface area contributed by atoms with Gasteiger partial charge in [-0.25, -0.2) is 13.2 Å². The molecule has 0 N–H and O–H groups in total. The lowest BCUT2D eigenvalue weighted by molar-refractivity contribution is 0.0937. The average molecular weight is 456 g/mol. The van der Waals surface area contributed by atoms with Crippen LogP contribution >= 0.6 is 11.6 Å². The van der Waals surface area contributed by atoms with Crippen LogP contribution in [0.25, 0.3) is 16.7 Å². The van der Waals surface area contributed by atoms with Gasteiger partial charge in [-0.15, -0.1) is 0 Å². The van der Waals surface area contributed by atoms with E-state index in [1.54, 1.807) is 18.2 Å². The highest BCUT2D eigenvalue weighted by molar-refractivity contribution is 6.30. The molecule has 3 aromatic rings. The van der Waals surface area contributed by atoms with Crippen LogP contribution in [-0.4, -0.2) is 30.3 Å². The quantitative estimate of drug-likeness (QED) is 0.315. The number of nitrogens with zero attached hydrogens (tertiary/aromatic N) is 1. The van der Waals surface area contributed by atoms with Crippen LogP contribution in [0.3, 0.4) is 0 Å². The number of hydrogen-bond acceptors (Lipinski definition) is 2. The molecule has 0 bridgehead atoms. The molecule has 0 saturated carbocycles. The molecule has 0 unspecified atom stereocenters. The molecule has 6 heteroatoms. The topological polar surface area (TPSA) is 20.3 Å². The maximum atomic E-state index is 14.4. The zero-order valence-electron chi connectivity index (χ0n) is 17.5. The van der Waals surface area contributed by atoms with Crippen molar-refractivity contribution in [1.29, 1.82) is 0 Å². The molecule has 0 atom stereocenters. The van der Waals surface area contributed by atoms with Crippen molar-refractivity contribution in [2.24, 2.45) is 0 Å². The van der Waals surface area contributed by atoms with E-state index in [2.05, 4.69) is 0 Å². The molecule has 1 heterocycles. The molecular weight excluding hydrogens is 435 g/mol. The normalized spacial score (nSPS) is 14.3. The van der Waals surface area contributed by atoms with Gasteiger partial charge in [0, 0.05) is 34.8 Å². The van der Waals surface area contributed by atoms with Crippen molar-refractivity contribution >= 4 is 23.0 Å². The van der Waals surface area contributed by atoms with E-state index in [4.69, 9.17) is 11.6 Å². The van der Waals surface area contributed by atoms with Crippen molar-refractivity contribution < 1.29 is 18.0 Å². The van der Waals surface area contributed by atoms with Crippen molar-refractivity contribution in [3.05, 3.63) is 99.8 Å². The Morgan fingerprint density at radius 3 is 2.19 bits per heavy atom. The highest BCUT2D eigenvalue weighted by atomic mass is 35.5. The summed E-state index contributed by atoms with van der Waals surface area (Å²) >= 11 is 5.93. The Morgan fingerprint density at radius 1 is 0.969 bits per heavy atom. The van der Waals surface area contributed by atoms with Crippen molar-refractivity contribution in [2.45, 2.75) is 13.3 Å². The molecule has 0 fully saturated rings. The highest BCUT2D eigenvalue weighted by Gasteiger charge is 2.22. The number of carbonyl (C=O) groups excluding carboxylic acids is 1. The maximum Gasteiger partial charge on any atom is 0.176 e. The fourth-order valence-electron chi connectivity index (χ4n) is 3.85. The number of Topliss-reactive ketones (excluding diaryl/α,β-unsaturated/α-hetero) is 1. The predicted octanol–water partition coefficient (Wildman–Crippen LogP) is 6.70. The van der Waals surface area contributed by atoms with Gasteiger partial charge in [0.15, 0.2) is 17.4 Å². The summed E-state index contributed by atoms with van der Waals surface area (Å²) in [5.74, 6) is -2.96. The summed E-state index contributed by atoms with van der Waals surface area (Å²) < 4.78 is 41.7. The minimum absolute atomic E-state index is 0.0145. The Kier molecular flexibility index (Phi) is 6.49. The van der Waals surface area contributed by atoms with Crippen LogP contribution in [0.4, 0.5) is 13.2 Å². The van der Waals surface area contributed by atoms with E-state index >= 15 is 0 Å². The molecule has 0 aliphatic carbocycles. The number of halogens is 4. The Bertz CT molecular complexity index is 1190. The highest BCUT2D eigenvalue weighted by Crippen LogP contribution is 2.29. The smallest absolute Gasteiger partial charge is 0.176 e. The first-order chi connectivity index (χ1) is 15.3. The number of ketones is 1. The summed E-state index contributed by atoms with van der Waals surface area (Å²) in [7, 11) is 0. The molecule has 1 aliphatic rings. The van der Waals surface area contributed by atoms with Crippen LogP contribution < -0.4 is 0 Å². The second-order valence-electron chi connectivity index (χ2n) is 7.88. The van der Waals surface area contributed by atoms with Gasteiger partial charge in [-0.1, -0.05) is 54.1 Å². The summed E-state index contributed by atoms with van der Waals surface area (Å²) in [6.07, 6.45) is 2.22. The predicted molar refractivity (Wildman–Crippen MR) is 121 cm³/mol. The summed E-state index contributed by atoms with van der Waals surface area (Å²) in [4.78, 5) is 14.7. The molecule has 2 nitrogen and oxygen atoms in total. The monoisotopic (exact) mass is 455 g/mol. The summed E-state index contributed by atoms with van der Waals surface area (Å²) in [6.45, 7) is 2.41. The Morgan fingerprint density at radius 2 is 1.59 bits per heavy atom. The van der Waals surface area contributed by atoms with Gasteiger partial charge in [-0.3, -0.25) is 9.69 Å². The molecule has 0 aromatic heterocycles. The number of benzene rings is 3. The zero-order chi connectivity index (χ0) is 22.8. The lowest BCUT2D eigenvalue weighted by Crippen LogP contribution is -2.33. The molecule has 0 saturated heterocycles. The third kappa shape index (κ3) is 4.64. The van der Waals surface area contributed by atoms with Gasteiger partial charge in [-0.2, -0.15) is 0 Å². The van der Waals surface area contributed by atoms with E-state index in [1.807, 2.05) is 41.3 Å². The molecule has 1 aliphatic heterocycles. The molecule has 3 aromatic carbocycles. The Labute approximate surface area is 189 Å².